The maximum atomic E-state index is 8.88. The predicted octanol–water partition coefficient (Wildman–Crippen LogP) is -5.40. The van der Waals surface area contributed by atoms with Crippen LogP contribution in [0.5, 0.6) is 0 Å². The van der Waals surface area contributed by atoms with Crippen molar-refractivity contribution >= 4 is 7.82 Å². The summed E-state index contributed by atoms with van der Waals surface area (Å²) in [5.74, 6) is 0. The van der Waals surface area contributed by atoms with Gasteiger partial charge in [0.05, 0.1) is 14.9 Å². The van der Waals surface area contributed by atoms with E-state index in [9.17, 15) is 0 Å². The first-order valence-corrected chi connectivity index (χ1v) is 4.81. The molecule has 0 aromatic carbocycles. The Morgan fingerprint density at radius 1 is 1.14 bits per heavy atom. The molecule has 0 aliphatic carbocycles. The highest BCUT2D eigenvalue weighted by Gasteiger charge is 2.00. The third-order valence-electron chi connectivity index (χ3n) is 0. The lowest BCUT2D eigenvalue weighted by Crippen LogP contribution is -2.58. The minimum Gasteiger partial charge on any atom is -0.328 e. The Hall–Kier alpha value is -0.560. The molecule has 12 nitrogen and oxygen atoms in total. The van der Waals surface area contributed by atoms with Gasteiger partial charge in [-0.3, -0.25) is 0 Å². The quantitative estimate of drug-likeness (QED) is 0.157. The van der Waals surface area contributed by atoms with Gasteiger partial charge in [-0.2, -0.15) is 14.0 Å². The predicted molar refractivity (Wildman–Crippen MR) is 25.3 cm³/mol. The number of halogens is 1. The first-order chi connectivity index (χ1) is 5.73. The fraction of sp³-hybridized carbons (Fsp3) is 0. The molecule has 0 saturated carbocycles. The van der Waals surface area contributed by atoms with Crippen molar-refractivity contribution in [2.45, 2.75) is 0 Å². The molecule has 14 heteroatoms. The molecule has 5 N–H and O–H groups in total. The first-order valence-electron chi connectivity index (χ1n) is 1.98. The van der Waals surface area contributed by atoms with Crippen LogP contribution >= 0.6 is 7.82 Å². The molecule has 0 fully saturated rings. The van der Waals surface area contributed by atoms with Gasteiger partial charge < -0.3 is 19.9 Å². The molecule has 0 heterocycles. The zero-order valence-electron chi connectivity index (χ0n) is 5.96. The topological polar surface area (TPSA) is 231 Å². The van der Waals surface area contributed by atoms with Crippen LogP contribution in [0.1, 0.15) is 0 Å². The van der Waals surface area contributed by atoms with Crippen LogP contribution < -0.4 is 14.0 Å². The molecule has 0 aromatic heterocycles. The lowest BCUT2D eigenvalue weighted by Gasteiger charge is -2.03. The Bertz CT molecular complexity index is 168. The highest BCUT2D eigenvalue weighted by Crippen LogP contribution is 2.25. The normalized spacial score (nSPS) is 10.2. The van der Waals surface area contributed by atoms with Crippen molar-refractivity contribution in [2.75, 3.05) is 0 Å². The van der Waals surface area contributed by atoms with Gasteiger partial charge in [-0.25, -0.2) is 4.57 Å². The van der Waals surface area contributed by atoms with E-state index < -0.39 is 23.2 Å². The molecule has 0 spiro atoms. The number of phosphoric acid groups is 1. The molecule has 0 radical (unpaired) electrons. The average molecular weight is 261 g/mol. The third-order valence-corrected chi connectivity index (χ3v) is 0. The smallest absolute Gasteiger partial charge is 0.328 e. The second-order valence-electron chi connectivity index (χ2n) is 1.15. The van der Waals surface area contributed by atoms with Crippen LogP contribution in [-0.4, -0.2) is 29.6 Å². The summed E-state index contributed by atoms with van der Waals surface area (Å²) in [5.41, 5.74) is 0. The van der Waals surface area contributed by atoms with Crippen molar-refractivity contribution in [2.24, 2.45) is 0 Å². The van der Waals surface area contributed by atoms with Gasteiger partial charge in [0, 0.05) is 0 Å². The zero-order valence-corrected chi connectivity index (χ0v) is 7.61. The number of hydrogen-bond donors (Lipinski definition) is 5. The van der Waals surface area contributed by atoms with Crippen molar-refractivity contribution in [3.8, 4) is 0 Å². The molecule has 88 valence electrons. The highest BCUT2D eigenvalue weighted by atomic mass is 35.7. The molecular formula is H5ClNO11P. The maximum absolute atomic E-state index is 8.88. The largest absolute Gasteiger partial charge is 0.466 e. The van der Waals surface area contributed by atoms with Crippen LogP contribution in [0.3, 0.4) is 0 Å². The summed E-state index contributed by atoms with van der Waals surface area (Å²) in [6, 6.07) is 0. The van der Waals surface area contributed by atoms with Crippen LogP contribution in [0.4, 0.5) is 0 Å². The Labute approximate surface area is 77.4 Å². The van der Waals surface area contributed by atoms with Crippen molar-refractivity contribution in [1.29, 1.82) is 0 Å². The van der Waals surface area contributed by atoms with Gasteiger partial charge in [-0.1, -0.05) is 0 Å². The average Bonchev–Trinajstić information content (AvgIpc) is 1.45. The van der Waals surface area contributed by atoms with Gasteiger partial charge >= 0.3 is 7.82 Å². The Balaban J connectivity index is -0.000000131. The lowest BCUT2D eigenvalue weighted by molar-refractivity contribution is -1.92. The summed E-state index contributed by atoms with van der Waals surface area (Å²) in [4.78, 5) is 29.9. The molecule has 0 saturated heterocycles. The van der Waals surface area contributed by atoms with E-state index in [4.69, 9.17) is 53.2 Å². The SMILES string of the molecule is O=P(O)(O)O.O=[N+]([O-])O.[O-][Cl+3]([O-])([O-])O. The maximum Gasteiger partial charge on any atom is 0.466 e. The van der Waals surface area contributed by atoms with Crippen LogP contribution in [0.15, 0.2) is 0 Å². The molecule has 0 unspecified atom stereocenters. The van der Waals surface area contributed by atoms with Crippen molar-refractivity contribution in [3.63, 3.8) is 0 Å². The molecule has 0 bridgehead atoms. The summed E-state index contributed by atoms with van der Waals surface area (Å²) >= 11 is 0. The van der Waals surface area contributed by atoms with Gasteiger partial charge in [0.2, 0.25) is 0 Å². The fourth-order valence-corrected chi connectivity index (χ4v) is 0. The lowest BCUT2D eigenvalue weighted by atomic mass is 13.1. The van der Waals surface area contributed by atoms with E-state index in [2.05, 4.69) is 0 Å². The Kier molecular flexibility index (Phi) is 10.6. The van der Waals surface area contributed by atoms with Gasteiger partial charge in [0.15, 0.2) is 0 Å². The van der Waals surface area contributed by atoms with Gasteiger partial charge in [0.25, 0.3) is 5.09 Å². The molecule has 14 heavy (non-hydrogen) atoms. The molecule has 0 atom stereocenters. The summed E-state index contributed by atoms with van der Waals surface area (Å²) < 4.78 is 41.6. The van der Waals surface area contributed by atoms with Crippen LogP contribution in [-0.2, 0) is 4.57 Å². The van der Waals surface area contributed by atoms with Gasteiger partial charge in [0.1, 0.15) is 0 Å². The summed E-state index contributed by atoms with van der Waals surface area (Å²) in [6.45, 7) is 0. The van der Waals surface area contributed by atoms with Gasteiger partial charge in [-0.15, -0.1) is 10.1 Å². The van der Waals surface area contributed by atoms with Crippen molar-refractivity contribution in [1.82, 2.24) is 0 Å². The Morgan fingerprint density at radius 3 is 1.14 bits per heavy atom. The van der Waals surface area contributed by atoms with Crippen LogP contribution in [0, 0.1) is 20.4 Å². The van der Waals surface area contributed by atoms with E-state index in [1.807, 2.05) is 0 Å². The number of rotatable bonds is 0. The minimum absolute atomic E-state index is 1.50. The van der Waals surface area contributed by atoms with Gasteiger partial charge in [-0.05, 0) is 0 Å². The fourth-order valence-electron chi connectivity index (χ4n) is 0. The second kappa shape index (κ2) is 7.81. The summed E-state index contributed by atoms with van der Waals surface area (Å²) in [6.07, 6.45) is 0. The molecule has 0 rings (SSSR count). The minimum atomic E-state index is -4.69. The third kappa shape index (κ3) is 3980. The molecule has 0 aromatic rings. The van der Waals surface area contributed by atoms with E-state index >= 15 is 0 Å². The monoisotopic (exact) mass is 261 g/mol. The van der Waals surface area contributed by atoms with E-state index in [1.54, 1.807) is 0 Å². The first kappa shape index (κ1) is 19.1. The van der Waals surface area contributed by atoms with Crippen molar-refractivity contribution < 1.29 is 58.4 Å². The summed E-state index contributed by atoms with van der Waals surface area (Å²) in [7, 11) is -9.33. The highest BCUT2D eigenvalue weighted by molar-refractivity contribution is 7.45. The van der Waals surface area contributed by atoms with E-state index in [0.29, 0.717) is 0 Å². The van der Waals surface area contributed by atoms with E-state index in [1.165, 1.54) is 0 Å². The number of nitrogens with zero attached hydrogens (tertiary/aromatic N) is 1. The van der Waals surface area contributed by atoms with Crippen LogP contribution in [0.25, 0.3) is 0 Å². The zero-order chi connectivity index (χ0) is 12.6. The van der Waals surface area contributed by atoms with E-state index in [-0.39, 0.29) is 0 Å². The second-order valence-corrected chi connectivity index (χ2v) is 2.97. The molecule has 0 aliphatic rings. The number of hydrogen-bond acceptors (Lipinski definition) is 7. The Morgan fingerprint density at radius 2 is 1.14 bits per heavy atom. The molecule has 0 aliphatic heterocycles. The standard InChI is InChI=1S/ClHO4.HNO3.H3O4P/c2-1(3,4)5;2-1(3)4;1-5(2,3)4/h(H,2,3,4,5);(H,2,3,4);(H3,1,2,3,4). The van der Waals surface area contributed by atoms with Crippen LogP contribution in [0.2, 0.25) is 0 Å². The molecular weight excluding hydrogens is 256 g/mol. The molecule has 0 amide bonds. The summed E-state index contributed by atoms with van der Waals surface area (Å²) in [5, 5.41) is 13.6. The van der Waals surface area contributed by atoms with E-state index in [0.717, 1.165) is 0 Å². The van der Waals surface area contributed by atoms with Crippen molar-refractivity contribution in [3.05, 3.63) is 10.1 Å².